The third-order valence-electron chi connectivity index (χ3n) is 1.44. The molecule has 0 aromatic rings. The Bertz CT molecular complexity index is 78.2. The van der Waals surface area contributed by atoms with Gasteiger partial charge in [0.15, 0.2) is 0 Å². The van der Waals surface area contributed by atoms with Crippen LogP contribution in [0.3, 0.4) is 0 Å². The second-order valence-corrected chi connectivity index (χ2v) is 2.56. The van der Waals surface area contributed by atoms with Crippen LogP contribution >= 0.6 is 0 Å². The average Bonchev–Trinajstić information content (AvgIpc) is 2.16. The van der Waals surface area contributed by atoms with Crippen LogP contribution in [0, 0.1) is 0 Å². The van der Waals surface area contributed by atoms with E-state index in [4.69, 9.17) is 18.9 Å². The van der Waals surface area contributed by atoms with Crippen LogP contribution in [-0.4, -0.2) is 53.9 Å². The van der Waals surface area contributed by atoms with Gasteiger partial charge in [-0.1, -0.05) is 7.43 Å². The standard InChI is InChI=1S/C9H20O4.CH4/c1-10-4-3-5-12-8-9-13-7-6-11-2;/h3-9H2,1-2H3;1H4. The normalized spacial score (nSPS) is 9.86. The van der Waals surface area contributed by atoms with Crippen LogP contribution < -0.4 is 0 Å². The second-order valence-electron chi connectivity index (χ2n) is 2.56. The van der Waals surface area contributed by atoms with Crippen LogP contribution in [0.15, 0.2) is 0 Å². The fraction of sp³-hybridized carbons (Fsp3) is 1.00. The quantitative estimate of drug-likeness (QED) is 0.508. The molecule has 0 saturated heterocycles. The van der Waals surface area contributed by atoms with E-state index in [9.17, 15) is 0 Å². The molecule has 88 valence electrons. The predicted octanol–water partition coefficient (Wildman–Crippen LogP) is 1.34. The first-order chi connectivity index (χ1) is 6.41. The van der Waals surface area contributed by atoms with Crippen molar-refractivity contribution in [2.75, 3.05) is 53.9 Å². The lowest BCUT2D eigenvalue weighted by Gasteiger charge is -2.04. The average molecular weight is 208 g/mol. The minimum atomic E-state index is 0. The highest BCUT2D eigenvalue weighted by atomic mass is 16.5. The Morgan fingerprint density at radius 3 is 1.71 bits per heavy atom. The lowest BCUT2D eigenvalue weighted by molar-refractivity contribution is 0.0204. The zero-order valence-corrected chi connectivity index (χ0v) is 8.58. The lowest BCUT2D eigenvalue weighted by atomic mass is 10.5. The van der Waals surface area contributed by atoms with Crippen LogP contribution in [-0.2, 0) is 18.9 Å². The van der Waals surface area contributed by atoms with Crippen LogP contribution in [0.4, 0.5) is 0 Å². The lowest BCUT2D eigenvalue weighted by Crippen LogP contribution is -2.09. The Morgan fingerprint density at radius 1 is 0.643 bits per heavy atom. The van der Waals surface area contributed by atoms with Crippen molar-refractivity contribution in [3.05, 3.63) is 0 Å². The first-order valence-corrected chi connectivity index (χ1v) is 4.55. The summed E-state index contributed by atoms with van der Waals surface area (Å²) in [6, 6.07) is 0. The van der Waals surface area contributed by atoms with E-state index in [-0.39, 0.29) is 7.43 Å². The van der Waals surface area contributed by atoms with Crippen molar-refractivity contribution in [1.29, 1.82) is 0 Å². The van der Waals surface area contributed by atoms with E-state index < -0.39 is 0 Å². The monoisotopic (exact) mass is 208 g/mol. The topological polar surface area (TPSA) is 36.9 Å². The fourth-order valence-corrected chi connectivity index (χ4v) is 0.770. The number of ether oxygens (including phenoxy) is 4. The minimum Gasteiger partial charge on any atom is -0.385 e. The van der Waals surface area contributed by atoms with Gasteiger partial charge in [-0.2, -0.15) is 0 Å². The van der Waals surface area contributed by atoms with E-state index in [1.165, 1.54) is 0 Å². The number of rotatable bonds is 10. The Kier molecular flexibility index (Phi) is 17.8. The van der Waals surface area contributed by atoms with Crippen molar-refractivity contribution >= 4 is 0 Å². The third kappa shape index (κ3) is 14.4. The van der Waals surface area contributed by atoms with E-state index >= 15 is 0 Å². The largest absolute Gasteiger partial charge is 0.385 e. The van der Waals surface area contributed by atoms with Crippen molar-refractivity contribution in [2.45, 2.75) is 13.8 Å². The summed E-state index contributed by atoms with van der Waals surface area (Å²) >= 11 is 0. The van der Waals surface area contributed by atoms with Gasteiger partial charge in [0.05, 0.1) is 26.4 Å². The van der Waals surface area contributed by atoms with Gasteiger partial charge in [0.2, 0.25) is 0 Å². The molecule has 0 aromatic heterocycles. The summed E-state index contributed by atoms with van der Waals surface area (Å²) in [5.41, 5.74) is 0. The molecule has 4 nitrogen and oxygen atoms in total. The third-order valence-corrected chi connectivity index (χ3v) is 1.44. The molecule has 0 unspecified atom stereocenters. The van der Waals surface area contributed by atoms with Crippen molar-refractivity contribution in [2.24, 2.45) is 0 Å². The fourth-order valence-electron chi connectivity index (χ4n) is 0.770. The smallest absolute Gasteiger partial charge is 0.0701 e. The maximum atomic E-state index is 5.27. The van der Waals surface area contributed by atoms with E-state index in [0.717, 1.165) is 19.6 Å². The first-order valence-electron chi connectivity index (χ1n) is 4.55. The summed E-state index contributed by atoms with van der Waals surface area (Å²) in [7, 11) is 3.35. The maximum Gasteiger partial charge on any atom is 0.0701 e. The maximum absolute atomic E-state index is 5.27. The first kappa shape index (κ1) is 16.3. The van der Waals surface area contributed by atoms with Crippen LogP contribution in [0.5, 0.6) is 0 Å². The van der Waals surface area contributed by atoms with Crippen molar-refractivity contribution in [1.82, 2.24) is 0 Å². The Morgan fingerprint density at radius 2 is 1.14 bits per heavy atom. The highest BCUT2D eigenvalue weighted by molar-refractivity contribution is 4.34. The van der Waals surface area contributed by atoms with Gasteiger partial charge >= 0.3 is 0 Å². The molecular formula is C10H24O4. The summed E-state index contributed by atoms with van der Waals surface area (Å²) in [4.78, 5) is 0. The molecule has 0 heterocycles. The SMILES string of the molecule is C.COCCCOCCOCCOC. The van der Waals surface area contributed by atoms with E-state index in [0.29, 0.717) is 26.4 Å². The zero-order valence-electron chi connectivity index (χ0n) is 8.58. The molecule has 0 aliphatic carbocycles. The zero-order chi connectivity index (χ0) is 9.78. The molecule has 0 aliphatic rings. The summed E-state index contributed by atoms with van der Waals surface area (Å²) in [6.45, 7) is 4.05. The highest BCUT2D eigenvalue weighted by Crippen LogP contribution is 1.84. The van der Waals surface area contributed by atoms with Gasteiger partial charge in [-0.3, -0.25) is 0 Å². The number of methoxy groups -OCH3 is 2. The van der Waals surface area contributed by atoms with Crippen LogP contribution in [0.2, 0.25) is 0 Å². The Hall–Kier alpha value is -0.160. The summed E-state index contributed by atoms with van der Waals surface area (Å²) in [5, 5.41) is 0. The Labute approximate surface area is 87.5 Å². The van der Waals surface area contributed by atoms with Gasteiger partial charge in [0.25, 0.3) is 0 Å². The van der Waals surface area contributed by atoms with E-state index in [1.54, 1.807) is 14.2 Å². The molecule has 0 amide bonds. The van der Waals surface area contributed by atoms with Gasteiger partial charge in [0.1, 0.15) is 0 Å². The van der Waals surface area contributed by atoms with E-state index in [2.05, 4.69) is 0 Å². The van der Waals surface area contributed by atoms with Gasteiger partial charge in [0, 0.05) is 27.4 Å². The van der Waals surface area contributed by atoms with Gasteiger partial charge < -0.3 is 18.9 Å². The molecule has 0 saturated carbocycles. The molecule has 0 atom stereocenters. The van der Waals surface area contributed by atoms with Crippen molar-refractivity contribution in [3.8, 4) is 0 Å². The molecule has 4 heteroatoms. The molecule has 0 aliphatic heterocycles. The Balaban J connectivity index is 0. The molecule has 0 spiro atoms. The van der Waals surface area contributed by atoms with Gasteiger partial charge in [-0.05, 0) is 6.42 Å². The second kappa shape index (κ2) is 15.3. The highest BCUT2D eigenvalue weighted by Gasteiger charge is 1.89. The van der Waals surface area contributed by atoms with Gasteiger partial charge in [-0.15, -0.1) is 0 Å². The molecule has 0 fully saturated rings. The van der Waals surface area contributed by atoms with E-state index in [1.807, 2.05) is 0 Å². The van der Waals surface area contributed by atoms with Crippen molar-refractivity contribution in [3.63, 3.8) is 0 Å². The molecule has 14 heavy (non-hydrogen) atoms. The van der Waals surface area contributed by atoms with Crippen LogP contribution in [0.1, 0.15) is 13.8 Å². The predicted molar refractivity (Wildman–Crippen MR) is 56.7 cm³/mol. The summed E-state index contributed by atoms with van der Waals surface area (Å²) in [5.74, 6) is 0. The summed E-state index contributed by atoms with van der Waals surface area (Å²) < 4.78 is 20.2. The minimum absolute atomic E-state index is 0. The molecule has 0 N–H and O–H groups in total. The van der Waals surface area contributed by atoms with Crippen molar-refractivity contribution < 1.29 is 18.9 Å². The van der Waals surface area contributed by atoms with Crippen LogP contribution in [0.25, 0.3) is 0 Å². The number of hydrogen-bond acceptors (Lipinski definition) is 4. The summed E-state index contributed by atoms with van der Waals surface area (Å²) in [6.07, 6.45) is 0.939. The molecule has 0 aromatic carbocycles. The number of hydrogen-bond donors (Lipinski definition) is 0. The molecule has 0 bridgehead atoms. The molecule has 0 radical (unpaired) electrons. The molecular weight excluding hydrogens is 184 g/mol. The van der Waals surface area contributed by atoms with Gasteiger partial charge in [-0.25, -0.2) is 0 Å². The molecule has 0 rings (SSSR count).